The van der Waals surface area contributed by atoms with Crippen LogP contribution in [0.5, 0.6) is 0 Å². The van der Waals surface area contributed by atoms with Gasteiger partial charge in [-0.15, -0.1) is 90.7 Å². The lowest BCUT2D eigenvalue weighted by Gasteiger charge is -2.25. The van der Waals surface area contributed by atoms with Crippen molar-refractivity contribution in [3.05, 3.63) is 204 Å². The molecular weight excluding hydrogens is 2050 g/mol. The van der Waals surface area contributed by atoms with Crippen LogP contribution in [-0.4, -0.2) is 174 Å². The summed E-state index contributed by atoms with van der Waals surface area (Å²) in [4.78, 5) is 89.0. The second kappa shape index (κ2) is 49.4. The van der Waals surface area contributed by atoms with Gasteiger partial charge in [0.15, 0.2) is 75.3 Å². The third kappa shape index (κ3) is 26.4. The first-order valence-corrected chi connectivity index (χ1v) is 57.2. The van der Waals surface area contributed by atoms with Gasteiger partial charge in [-0.1, -0.05) is 45.6 Å². The highest BCUT2D eigenvalue weighted by molar-refractivity contribution is 7.21. The Morgan fingerprint density at radius 1 is 0.340 bits per heavy atom. The molecule has 0 amide bonds. The summed E-state index contributed by atoms with van der Waals surface area (Å²) in [5.41, 5.74) is 42.6. The smallest absolute Gasteiger partial charge is 0.199 e. The molecule has 43 heteroatoms. The van der Waals surface area contributed by atoms with E-state index in [-0.39, 0.29) is 0 Å². The van der Waals surface area contributed by atoms with Crippen LogP contribution in [0.25, 0.3) is 152 Å². The molecule has 0 radical (unpaired) electrons. The van der Waals surface area contributed by atoms with Gasteiger partial charge in [0.25, 0.3) is 0 Å². The van der Waals surface area contributed by atoms with E-state index in [0.717, 1.165) is 153 Å². The maximum absolute atomic E-state index is 6.15. The van der Waals surface area contributed by atoms with Crippen LogP contribution in [0.1, 0.15) is 144 Å². The lowest BCUT2D eigenvalue weighted by Crippen LogP contribution is -2.30. The molecule has 0 aromatic carbocycles. The molecule has 3 saturated heterocycles. The number of rotatable bonds is 28. The van der Waals surface area contributed by atoms with Gasteiger partial charge in [0, 0.05) is 106 Å². The minimum absolute atomic E-state index is 0.478. The average molecular weight is 2170 g/mol. The van der Waals surface area contributed by atoms with Crippen molar-refractivity contribution in [2.75, 3.05) is 113 Å². The number of piperidine rings is 1. The first kappa shape index (κ1) is 104. The predicted octanol–water partition coefficient (Wildman–Crippen LogP) is 22.9. The summed E-state index contributed by atoms with van der Waals surface area (Å²) in [6.07, 6.45) is 26.4. The Morgan fingerprint density at radius 3 is 0.967 bits per heavy atom. The summed E-state index contributed by atoms with van der Waals surface area (Å²) < 4.78 is 37.3. The van der Waals surface area contributed by atoms with E-state index in [2.05, 4.69) is 151 Å². The number of hydrogen-bond donors (Lipinski definition) is 10. The number of ether oxygens (including phenoxy) is 1. The van der Waals surface area contributed by atoms with E-state index in [4.69, 9.17) is 76.4 Å². The second-order valence-corrected chi connectivity index (χ2v) is 45.9. The van der Waals surface area contributed by atoms with Crippen LogP contribution in [0.2, 0.25) is 0 Å². The lowest BCUT2D eigenvalue weighted by atomic mass is 9.95. The van der Waals surface area contributed by atoms with Gasteiger partial charge in [-0.25, -0.2) is 69.8 Å². The number of fused-ring (bicyclic) bond motifs is 7. The number of nitrogens with zero attached hydrogens (tertiary/aromatic N) is 18. The number of nitrogens with two attached hydrogens (primary N) is 7. The van der Waals surface area contributed by atoms with Crippen molar-refractivity contribution in [2.45, 2.75) is 169 Å². The fourth-order valence-electron chi connectivity index (χ4n) is 18.1. The molecule has 21 aromatic heterocycles. The molecule has 3 aliphatic heterocycles. The zero-order chi connectivity index (χ0) is 103. The maximum atomic E-state index is 6.15. The van der Waals surface area contributed by atoms with E-state index >= 15 is 0 Å². The van der Waals surface area contributed by atoms with Gasteiger partial charge in [0.1, 0.15) is 80.3 Å². The number of aryl methyl sites for hydroxylation is 1. The highest BCUT2D eigenvalue weighted by Gasteiger charge is 2.27. The largest absolute Gasteiger partial charge is 0.461 e. The van der Waals surface area contributed by atoms with Crippen LogP contribution in [0.3, 0.4) is 0 Å². The summed E-state index contributed by atoms with van der Waals surface area (Å²) in [5.74, 6) is 12.4. The Kier molecular flexibility index (Phi) is 34.2. The van der Waals surface area contributed by atoms with Gasteiger partial charge in [-0.05, 0) is 250 Å². The highest BCUT2D eigenvalue weighted by atomic mass is 32.1. The van der Waals surface area contributed by atoms with Crippen LogP contribution < -0.4 is 56.1 Å². The van der Waals surface area contributed by atoms with E-state index < -0.39 is 0 Å². The predicted molar refractivity (Wildman–Crippen MR) is 609 cm³/mol. The first-order chi connectivity index (χ1) is 73.3. The molecule has 17 N–H and O–H groups in total. The van der Waals surface area contributed by atoms with Gasteiger partial charge in [-0.3, -0.25) is 19.6 Å². The number of aromatic nitrogens is 14. The summed E-state index contributed by atoms with van der Waals surface area (Å²) in [6, 6.07) is 42.2. The van der Waals surface area contributed by atoms with Crippen molar-refractivity contribution in [3.63, 3.8) is 0 Å². The van der Waals surface area contributed by atoms with E-state index in [9.17, 15) is 0 Å². The first-order valence-electron chi connectivity index (χ1n) is 50.6. The number of furan rings is 6. The topological polar surface area (TPSA) is 500 Å². The molecule has 35 nitrogen and oxygen atoms in total. The van der Waals surface area contributed by atoms with E-state index in [1.807, 2.05) is 97.2 Å². The molecule has 0 spiro atoms. The summed E-state index contributed by atoms with van der Waals surface area (Å²) in [6.45, 7) is 23.4. The van der Waals surface area contributed by atoms with Gasteiger partial charge in [0.2, 0.25) is 0 Å². The Morgan fingerprint density at radius 2 is 0.647 bits per heavy atom. The van der Waals surface area contributed by atoms with Crippen LogP contribution >= 0.6 is 90.7 Å². The van der Waals surface area contributed by atoms with E-state index in [1.165, 1.54) is 163 Å². The van der Waals surface area contributed by atoms with Gasteiger partial charge in [0.05, 0.1) is 80.5 Å². The molecule has 0 atom stereocenters. The average Bonchev–Trinajstić information content (AvgIpc) is 1.70. The summed E-state index contributed by atoms with van der Waals surface area (Å²) in [5, 5.41) is 19.1. The van der Waals surface area contributed by atoms with Crippen molar-refractivity contribution in [2.24, 2.45) is 0 Å². The number of likely N-dealkylation sites (tertiary alicyclic amines) is 3. The van der Waals surface area contributed by atoms with Crippen molar-refractivity contribution in [1.82, 2.24) is 105 Å². The Hall–Kier alpha value is -13.1. The van der Waals surface area contributed by atoms with Crippen molar-refractivity contribution < 1.29 is 31.2 Å². The lowest BCUT2D eigenvalue weighted by molar-refractivity contribution is 0.199. The number of nitrogens with one attached hydrogen (secondary N) is 3. The van der Waals surface area contributed by atoms with Crippen LogP contribution in [0, 0.1) is 6.92 Å². The highest BCUT2D eigenvalue weighted by Crippen LogP contribution is 2.41. The molecule has 778 valence electrons. The quantitative estimate of drug-likeness (QED) is 0.0204. The van der Waals surface area contributed by atoms with Gasteiger partial charge in [-0.2, -0.15) is 0 Å². The molecule has 21 aromatic rings. The summed E-state index contributed by atoms with van der Waals surface area (Å²) in [7, 11) is 1.69. The molecular formula is C107H120N28O7S8. The number of nitrogen functional groups attached to an aromatic ring is 7. The molecule has 150 heavy (non-hydrogen) atoms. The maximum Gasteiger partial charge on any atom is 0.199 e. The van der Waals surface area contributed by atoms with Crippen molar-refractivity contribution in [3.8, 4) is 80.2 Å². The molecule has 24 heterocycles. The number of anilines is 7. The van der Waals surface area contributed by atoms with Gasteiger partial charge >= 0.3 is 0 Å². The Bertz CT molecular complexity index is 7650. The van der Waals surface area contributed by atoms with Crippen LogP contribution in [-0.2, 0) is 50.6 Å². The Balaban J connectivity index is 0.000000106. The third-order valence-corrected chi connectivity index (χ3v) is 34.1. The molecule has 5 aliphatic rings. The standard InChI is InChI=1S/2C17H20N4OS.C15H16N4OS.C15H18N4OS.C15H16N4S2.C14H16N4O2S.C14H14N4OS/c1-11-5-6-14(22-11)16-19-15(18)13-9-12(23-17(13)20-16)10-21-7-3-2-4-8-21;18-15-13-9-12(10-19-11-5-2-1-3-6-11)23-17(13)21-16(20-15)14-7-4-8-22-14;16-13-11-8-10(9-19-5-1-2-6-19)21-15(11)18-14(17-13)12-4-3-7-20-12;1-3-19(4-2)9-10-8-11-13(16)17-14(18-15(11)21-10)12-6-5-7-20-12;16-13-11-8-10(9-19-5-1-2-6-19)21-15(11)18-14(17-13)12-4-3-7-20-12;1-19-6-4-16-8-9-7-10-12(15)17-13(18-14(10)21-9)11-3-2-5-20-11;15-12-10-6-9(7-16-8-3-4-8)20-14(10)18-13(17-12)11-2-1-5-19-11/h5-6,9H,2-4,7-8,10H2,1H3,(H2,18,19,20);4,7-9,11,19H,1-3,5-6,10H2,(H2,18,20,21);3-4,7-8H,1-2,5-6,9H2,(H2,16,17,18);5-8H,3-4,9H2,1-2H3,(H2,16,17,18);3-4,7-8H,1-2,5-6,9H2,(H2,16,17,18);2-3,5,7,16H,4,6,8H2,1H3,(H2,15,17,18);1-2,5-6,8,16H,3-4,7H2,(H2,15,17,18). The van der Waals surface area contributed by atoms with Crippen LogP contribution in [0.4, 0.5) is 40.7 Å². The monoisotopic (exact) mass is 2160 g/mol. The molecule has 0 unspecified atom stereocenters. The summed E-state index contributed by atoms with van der Waals surface area (Å²) >= 11 is 13.4. The third-order valence-electron chi connectivity index (χ3n) is 26.1. The zero-order valence-electron chi connectivity index (χ0n) is 83.9. The van der Waals surface area contributed by atoms with E-state index in [0.29, 0.717) is 129 Å². The molecule has 0 bridgehead atoms. The van der Waals surface area contributed by atoms with Gasteiger partial charge < -0.3 is 87.3 Å². The van der Waals surface area contributed by atoms with Crippen LogP contribution in [0.15, 0.2) is 191 Å². The number of hydrogen-bond acceptors (Lipinski definition) is 43. The number of methoxy groups -OCH3 is 1. The Labute approximate surface area is 898 Å². The minimum Gasteiger partial charge on any atom is -0.461 e. The fraction of sp³-hybridized carbons (Fsp3) is 0.346. The normalized spacial score (nSPS) is 14.6. The zero-order valence-corrected chi connectivity index (χ0v) is 90.4. The van der Waals surface area contributed by atoms with Crippen molar-refractivity contribution in [1.29, 1.82) is 0 Å². The minimum atomic E-state index is 0.478. The molecule has 5 fully saturated rings. The van der Waals surface area contributed by atoms with Crippen molar-refractivity contribution >= 4 is 203 Å². The molecule has 2 aliphatic carbocycles. The molecule has 26 rings (SSSR count). The van der Waals surface area contributed by atoms with E-state index in [1.54, 1.807) is 135 Å². The second-order valence-electron chi connectivity index (χ2n) is 37.1. The SMILES string of the molecule is CCN(CC)Cc1cc2c(N)nc(-c3ccco3)nc2s1.COCCNCc1cc2c(N)nc(-c3ccco3)nc2s1.Cc1ccc(-c2nc(N)c3cc(CN4CCCCC4)sc3n2)o1.Nc1nc(-c2ccco2)nc2sc(CN3CCCC3)cc12.Nc1nc(-c2ccco2)nc2sc(CNC3CC3)cc12.Nc1nc(-c2ccco2)nc2sc(CNC3CCCCC3)cc12.Nc1nc(-c2cccs2)nc2sc(CN3CCCC3)cc12. The fourth-order valence-corrected chi connectivity index (χ4v) is 26.0. The number of thiophene rings is 8. The molecule has 2 saturated carbocycles.